The first-order valence-corrected chi connectivity index (χ1v) is 8.75. The highest BCUT2D eigenvalue weighted by atomic mass is 35.5. The Hall–Kier alpha value is -2.79. The second kappa shape index (κ2) is 8.06. The summed E-state index contributed by atoms with van der Waals surface area (Å²) in [5, 5.41) is 7.70. The molecule has 0 saturated heterocycles. The molecule has 6 heteroatoms. The maximum absolute atomic E-state index is 12.6. The van der Waals surface area contributed by atoms with Crippen molar-refractivity contribution in [2.75, 3.05) is 12.4 Å². The van der Waals surface area contributed by atoms with Crippen LogP contribution in [0.1, 0.15) is 24.9 Å². The molecule has 0 aliphatic carbocycles. The molecule has 2 aromatic carbocycles. The van der Waals surface area contributed by atoms with Gasteiger partial charge in [0.2, 0.25) is 0 Å². The summed E-state index contributed by atoms with van der Waals surface area (Å²) >= 11 is 6.33. The van der Waals surface area contributed by atoms with Gasteiger partial charge < -0.3 is 10.1 Å². The molecule has 0 amide bonds. The largest absolute Gasteiger partial charge is 0.497 e. The van der Waals surface area contributed by atoms with Crippen LogP contribution in [0.15, 0.2) is 65.6 Å². The van der Waals surface area contributed by atoms with Crippen LogP contribution >= 0.6 is 11.6 Å². The number of hydrogen-bond acceptors (Lipinski definition) is 4. The first-order valence-electron chi connectivity index (χ1n) is 8.37. The molecule has 0 spiro atoms. The third kappa shape index (κ3) is 3.73. The summed E-state index contributed by atoms with van der Waals surface area (Å²) in [6.45, 7) is 2.06. The quantitative estimate of drug-likeness (QED) is 0.697. The van der Waals surface area contributed by atoms with Gasteiger partial charge in [0, 0.05) is 0 Å². The summed E-state index contributed by atoms with van der Waals surface area (Å²) in [4.78, 5) is 12.6. The molecule has 0 bridgehead atoms. The summed E-state index contributed by atoms with van der Waals surface area (Å²) in [6.07, 6.45) is 2.41. The SMILES string of the molecule is CC[C@@H](Nc1cnn(-c2ccccc2)c(=O)c1Cl)c1ccc(OC)cc1. The Morgan fingerprint density at radius 3 is 2.46 bits per heavy atom. The number of halogens is 1. The highest BCUT2D eigenvalue weighted by Gasteiger charge is 2.15. The first-order chi connectivity index (χ1) is 12.6. The van der Waals surface area contributed by atoms with Gasteiger partial charge >= 0.3 is 0 Å². The smallest absolute Gasteiger partial charge is 0.292 e. The maximum Gasteiger partial charge on any atom is 0.292 e. The van der Waals surface area contributed by atoms with Crippen molar-refractivity contribution in [2.24, 2.45) is 0 Å². The molecule has 3 rings (SSSR count). The second-order valence-corrected chi connectivity index (χ2v) is 6.18. The molecule has 0 saturated carbocycles. The molecule has 0 unspecified atom stereocenters. The van der Waals surface area contributed by atoms with Crippen molar-refractivity contribution < 1.29 is 4.74 Å². The van der Waals surface area contributed by atoms with Crippen molar-refractivity contribution >= 4 is 17.3 Å². The Morgan fingerprint density at radius 1 is 1.15 bits per heavy atom. The number of methoxy groups -OCH3 is 1. The number of hydrogen-bond donors (Lipinski definition) is 1. The van der Waals surface area contributed by atoms with E-state index in [2.05, 4.69) is 17.3 Å². The molecular weight excluding hydrogens is 350 g/mol. The van der Waals surface area contributed by atoms with E-state index in [1.165, 1.54) is 4.68 Å². The van der Waals surface area contributed by atoms with Crippen molar-refractivity contribution in [3.8, 4) is 11.4 Å². The van der Waals surface area contributed by atoms with Crippen LogP contribution in [0.25, 0.3) is 5.69 Å². The van der Waals surface area contributed by atoms with Crippen LogP contribution < -0.4 is 15.6 Å². The molecule has 0 radical (unpaired) electrons. The van der Waals surface area contributed by atoms with Crippen molar-refractivity contribution in [1.29, 1.82) is 0 Å². The van der Waals surface area contributed by atoms with Crippen LogP contribution in [0.5, 0.6) is 5.75 Å². The average Bonchev–Trinajstić information content (AvgIpc) is 2.70. The minimum Gasteiger partial charge on any atom is -0.497 e. The molecule has 26 heavy (non-hydrogen) atoms. The van der Waals surface area contributed by atoms with E-state index in [1.807, 2.05) is 54.6 Å². The zero-order chi connectivity index (χ0) is 18.5. The van der Waals surface area contributed by atoms with Gasteiger partial charge in [0.15, 0.2) is 0 Å². The van der Waals surface area contributed by atoms with Crippen LogP contribution in [0.4, 0.5) is 5.69 Å². The van der Waals surface area contributed by atoms with E-state index in [-0.39, 0.29) is 16.6 Å². The van der Waals surface area contributed by atoms with Gasteiger partial charge in [-0.15, -0.1) is 0 Å². The van der Waals surface area contributed by atoms with E-state index < -0.39 is 0 Å². The number of anilines is 1. The first kappa shape index (κ1) is 18.0. The zero-order valence-corrected chi connectivity index (χ0v) is 15.4. The van der Waals surface area contributed by atoms with Gasteiger partial charge in [-0.3, -0.25) is 4.79 Å². The van der Waals surface area contributed by atoms with Crippen LogP contribution in [0.3, 0.4) is 0 Å². The fraction of sp³-hybridized carbons (Fsp3) is 0.200. The van der Waals surface area contributed by atoms with Crippen molar-refractivity contribution in [1.82, 2.24) is 9.78 Å². The maximum atomic E-state index is 12.6. The monoisotopic (exact) mass is 369 g/mol. The minimum atomic E-state index is -0.354. The van der Waals surface area contributed by atoms with Crippen LogP contribution in [-0.2, 0) is 0 Å². The van der Waals surface area contributed by atoms with Crippen molar-refractivity contribution in [3.05, 3.63) is 81.7 Å². The number of ether oxygens (including phenoxy) is 1. The lowest BCUT2D eigenvalue weighted by Crippen LogP contribution is -2.23. The van der Waals surface area contributed by atoms with Gasteiger partial charge in [0.05, 0.1) is 30.7 Å². The topological polar surface area (TPSA) is 56.2 Å². The summed E-state index contributed by atoms with van der Waals surface area (Å²) < 4.78 is 6.49. The Kier molecular flexibility index (Phi) is 5.58. The van der Waals surface area contributed by atoms with Gasteiger partial charge in [0.25, 0.3) is 5.56 Å². The summed E-state index contributed by atoms with van der Waals surface area (Å²) in [5.74, 6) is 0.800. The fourth-order valence-corrected chi connectivity index (χ4v) is 2.91. The third-order valence-corrected chi connectivity index (χ3v) is 4.54. The number of para-hydroxylation sites is 1. The Morgan fingerprint density at radius 2 is 1.85 bits per heavy atom. The number of aromatic nitrogens is 2. The zero-order valence-electron chi connectivity index (χ0n) is 14.6. The molecule has 1 atom stereocenters. The lowest BCUT2D eigenvalue weighted by atomic mass is 10.0. The number of rotatable bonds is 6. The Labute approximate surface area is 157 Å². The molecule has 1 N–H and O–H groups in total. The van der Waals surface area contributed by atoms with Crippen LogP contribution in [0, 0.1) is 0 Å². The number of benzene rings is 2. The number of nitrogens with one attached hydrogen (secondary N) is 1. The molecule has 3 aromatic rings. The number of nitrogens with zero attached hydrogens (tertiary/aromatic N) is 2. The van der Waals surface area contributed by atoms with Gasteiger partial charge in [-0.1, -0.05) is 48.9 Å². The van der Waals surface area contributed by atoms with Crippen molar-refractivity contribution in [2.45, 2.75) is 19.4 Å². The van der Waals surface area contributed by atoms with Gasteiger partial charge in [-0.2, -0.15) is 9.78 Å². The minimum absolute atomic E-state index is 0.00665. The highest BCUT2D eigenvalue weighted by Crippen LogP contribution is 2.27. The summed E-state index contributed by atoms with van der Waals surface area (Å²) in [6, 6.07) is 17.0. The predicted molar refractivity (Wildman–Crippen MR) is 104 cm³/mol. The second-order valence-electron chi connectivity index (χ2n) is 5.80. The van der Waals surface area contributed by atoms with E-state index >= 15 is 0 Å². The normalized spacial score (nSPS) is 11.8. The third-order valence-electron chi connectivity index (χ3n) is 4.18. The fourth-order valence-electron chi connectivity index (χ4n) is 2.73. The molecule has 0 fully saturated rings. The predicted octanol–water partition coefficient (Wildman–Crippen LogP) is 4.46. The van der Waals surface area contributed by atoms with Crippen LogP contribution in [0.2, 0.25) is 5.02 Å². The van der Waals surface area contributed by atoms with E-state index in [9.17, 15) is 4.79 Å². The molecule has 134 valence electrons. The van der Waals surface area contributed by atoms with E-state index in [4.69, 9.17) is 16.3 Å². The van der Waals surface area contributed by atoms with Crippen LogP contribution in [-0.4, -0.2) is 16.9 Å². The standard InChI is InChI=1S/C20H20ClN3O2/c1-3-17(14-9-11-16(26-2)12-10-14)23-18-13-22-24(20(25)19(18)21)15-7-5-4-6-8-15/h4-13,17,23H,3H2,1-2H3/t17-/m1/s1. The van der Waals surface area contributed by atoms with E-state index in [0.29, 0.717) is 11.4 Å². The summed E-state index contributed by atoms with van der Waals surface area (Å²) in [7, 11) is 1.64. The molecule has 0 aliphatic heterocycles. The highest BCUT2D eigenvalue weighted by molar-refractivity contribution is 6.33. The average molecular weight is 370 g/mol. The summed E-state index contributed by atoms with van der Waals surface area (Å²) in [5.41, 5.74) is 1.92. The molecule has 5 nitrogen and oxygen atoms in total. The van der Waals surface area contributed by atoms with E-state index in [1.54, 1.807) is 13.3 Å². The lowest BCUT2D eigenvalue weighted by molar-refractivity contribution is 0.414. The Balaban J connectivity index is 1.89. The Bertz CT molecular complexity index is 924. The molecule has 1 heterocycles. The van der Waals surface area contributed by atoms with Crippen molar-refractivity contribution in [3.63, 3.8) is 0 Å². The van der Waals surface area contributed by atoms with E-state index in [0.717, 1.165) is 17.7 Å². The molecule has 1 aromatic heterocycles. The molecule has 0 aliphatic rings. The van der Waals surface area contributed by atoms with Gasteiger partial charge in [-0.25, -0.2) is 0 Å². The van der Waals surface area contributed by atoms with Gasteiger partial charge in [-0.05, 0) is 36.2 Å². The van der Waals surface area contributed by atoms with Gasteiger partial charge in [0.1, 0.15) is 10.8 Å². The lowest BCUT2D eigenvalue weighted by Gasteiger charge is -2.20. The molecular formula is C20H20ClN3O2.